The predicted molar refractivity (Wildman–Crippen MR) is 94.3 cm³/mol. The van der Waals surface area contributed by atoms with Crippen molar-refractivity contribution in [3.63, 3.8) is 0 Å². The quantitative estimate of drug-likeness (QED) is 0.749. The number of benzene rings is 2. The number of aromatic nitrogens is 1. The van der Waals surface area contributed by atoms with Crippen LogP contribution in [0.2, 0.25) is 0 Å². The second-order valence-electron chi connectivity index (χ2n) is 6.34. The zero-order valence-corrected chi connectivity index (χ0v) is 13.7. The van der Waals surface area contributed by atoms with Crippen LogP contribution in [0.15, 0.2) is 48.5 Å². The number of rotatable bonds is 1. The number of phenolic OH excluding ortho intramolecular Hbond substituents is 1. The van der Waals surface area contributed by atoms with Gasteiger partial charge in [-0.3, -0.25) is 4.79 Å². The minimum Gasteiger partial charge on any atom is -0.508 e. The summed E-state index contributed by atoms with van der Waals surface area (Å²) in [7, 11) is 2.06. The summed E-state index contributed by atoms with van der Waals surface area (Å²) in [6.07, 6.45) is 1.65. The molecule has 0 radical (unpaired) electrons. The van der Waals surface area contributed by atoms with Crippen molar-refractivity contribution in [1.82, 2.24) is 9.47 Å². The van der Waals surface area contributed by atoms with Crippen molar-refractivity contribution in [1.29, 1.82) is 0 Å². The molecular formula is C20H20N2O2. The van der Waals surface area contributed by atoms with E-state index in [1.807, 2.05) is 47.4 Å². The molecule has 3 aromatic rings. The van der Waals surface area contributed by atoms with Gasteiger partial charge in [0.1, 0.15) is 5.75 Å². The number of nitrogens with zero attached hydrogens (tertiary/aromatic N) is 2. The van der Waals surface area contributed by atoms with E-state index in [0.29, 0.717) is 6.54 Å². The Balaban J connectivity index is 1.66. The van der Waals surface area contributed by atoms with Crippen LogP contribution in [0.5, 0.6) is 5.75 Å². The van der Waals surface area contributed by atoms with Gasteiger partial charge in [-0.2, -0.15) is 0 Å². The molecule has 1 aliphatic rings. The van der Waals surface area contributed by atoms with Crippen molar-refractivity contribution in [3.05, 3.63) is 65.4 Å². The summed E-state index contributed by atoms with van der Waals surface area (Å²) in [5.74, 6) is 0.382. The third-order valence-corrected chi connectivity index (χ3v) is 4.98. The van der Waals surface area contributed by atoms with Crippen molar-refractivity contribution in [2.24, 2.45) is 7.05 Å². The zero-order chi connectivity index (χ0) is 16.7. The number of hydrogen-bond acceptors (Lipinski definition) is 2. The Hall–Kier alpha value is -2.75. The minimum atomic E-state index is 0.0931. The molecule has 4 nitrogen and oxygen atoms in total. The van der Waals surface area contributed by atoms with Gasteiger partial charge in [0.15, 0.2) is 0 Å². The van der Waals surface area contributed by atoms with E-state index in [0.717, 1.165) is 35.9 Å². The fraction of sp³-hybridized carbons (Fsp3) is 0.250. The van der Waals surface area contributed by atoms with E-state index in [1.54, 1.807) is 6.07 Å². The van der Waals surface area contributed by atoms with Gasteiger partial charge in [-0.25, -0.2) is 0 Å². The van der Waals surface area contributed by atoms with Crippen LogP contribution in [0.1, 0.15) is 21.6 Å². The van der Waals surface area contributed by atoms with E-state index in [4.69, 9.17) is 0 Å². The van der Waals surface area contributed by atoms with Gasteiger partial charge in [-0.05, 0) is 42.3 Å². The maximum Gasteiger partial charge on any atom is 0.253 e. The molecule has 4 rings (SSSR count). The molecule has 4 heteroatoms. The molecule has 1 amide bonds. The van der Waals surface area contributed by atoms with E-state index >= 15 is 0 Å². The first-order valence-corrected chi connectivity index (χ1v) is 8.28. The maximum atomic E-state index is 12.7. The van der Waals surface area contributed by atoms with Crippen LogP contribution >= 0.6 is 0 Å². The monoisotopic (exact) mass is 320 g/mol. The fourth-order valence-electron chi connectivity index (χ4n) is 3.72. The Morgan fingerprint density at radius 1 is 1.04 bits per heavy atom. The first-order chi connectivity index (χ1) is 11.6. The SMILES string of the molecule is Cn1c2c(c3cc(O)ccc31)CCN(C(=O)c1ccccc1)CC2. The number of aryl methyl sites for hydroxylation is 1. The number of aromatic hydroxyl groups is 1. The summed E-state index contributed by atoms with van der Waals surface area (Å²) >= 11 is 0. The molecule has 0 unspecified atom stereocenters. The molecule has 2 aromatic carbocycles. The Bertz CT molecular complexity index is 912. The standard InChI is InChI=1S/C20H20N2O2/c1-21-18-8-7-15(23)13-17(18)16-9-11-22(12-10-19(16)21)20(24)14-5-3-2-4-6-14/h2-8,13,23H,9-12H2,1H3. The number of phenols is 1. The van der Waals surface area contributed by atoms with Crippen LogP contribution in [0.4, 0.5) is 0 Å². The summed E-state index contributed by atoms with van der Waals surface area (Å²) in [6.45, 7) is 1.42. The Morgan fingerprint density at radius 3 is 2.58 bits per heavy atom. The van der Waals surface area contributed by atoms with Crippen LogP contribution in [0.25, 0.3) is 10.9 Å². The molecular weight excluding hydrogens is 300 g/mol. The number of amides is 1. The third kappa shape index (κ3) is 2.35. The van der Waals surface area contributed by atoms with Gasteiger partial charge in [-0.15, -0.1) is 0 Å². The van der Waals surface area contributed by atoms with E-state index in [2.05, 4.69) is 11.6 Å². The van der Waals surface area contributed by atoms with Crippen molar-refractivity contribution < 1.29 is 9.90 Å². The van der Waals surface area contributed by atoms with Crippen LogP contribution < -0.4 is 0 Å². The fourth-order valence-corrected chi connectivity index (χ4v) is 3.72. The largest absolute Gasteiger partial charge is 0.508 e. The molecule has 0 spiro atoms. The Labute approximate surface area is 140 Å². The third-order valence-electron chi connectivity index (χ3n) is 4.98. The lowest BCUT2D eigenvalue weighted by Crippen LogP contribution is -2.33. The van der Waals surface area contributed by atoms with E-state index in [9.17, 15) is 9.90 Å². The van der Waals surface area contributed by atoms with Gasteiger partial charge in [-0.1, -0.05) is 18.2 Å². The summed E-state index contributed by atoms with van der Waals surface area (Å²) < 4.78 is 2.20. The van der Waals surface area contributed by atoms with E-state index in [1.165, 1.54) is 11.3 Å². The molecule has 0 saturated carbocycles. The van der Waals surface area contributed by atoms with Gasteiger partial charge < -0.3 is 14.6 Å². The molecule has 2 heterocycles. The molecule has 0 saturated heterocycles. The van der Waals surface area contributed by atoms with Crippen molar-refractivity contribution >= 4 is 16.8 Å². The van der Waals surface area contributed by atoms with Gasteiger partial charge in [0.2, 0.25) is 0 Å². The predicted octanol–water partition coefficient (Wildman–Crippen LogP) is 3.12. The smallest absolute Gasteiger partial charge is 0.253 e. The second-order valence-corrected chi connectivity index (χ2v) is 6.34. The van der Waals surface area contributed by atoms with E-state index in [-0.39, 0.29) is 11.7 Å². The average Bonchev–Trinajstić information content (AvgIpc) is 2.77. The number of carbonyl (C=O) groups excluding carboxylic acids is 1. The zero-order valence-electron chi connectivity index (χ0n) is 13.7. The van der Waals surface area contributed by atoms with Crippen molar-refractivity contribution in [2.75, 3.05) is 13.1 Å². The Morgan fingerprint density at radius 2 is 1.79 bits per heavy atom. The van der Waals surface area contributed by atoms with Crippen molar-refractivity contribution in [2.45, 2.75) is 12.8 Å². The highest BCUT2D eigenvalue weighted by molar-refractivity contribution is 5.94. The molecule has 0 aliphatic carbocycles. The average molecular weight is 320 g/mol. The van der Waals surface area contributed by atoms with Crippen LogP contribution in [-0.2, 0) is 19.9 Å². The first-order valence-electron chi connectivity index (χ1n) is 8.28. The molecule has 0 bridgehead atoms. The summed E-state index contributed by atoms with van der Waals surface area (Å²) in [5.41, 5.74) is 4.40. The highest BCUT2D eigenvalue weighted by atomic mass is 16.3. The van der Waals surface area contributed by atoms with Gasteiger partial charge >= 0.3 is 0 Å². The molecule has 1 aromatic heterocycles. The van der Waals surface area contributed by atoms with Crippen LogP contribution in [-0.4, -0.2) is 33.6 Å². The lowest BCUT2D eigenvalue weighted by atomic mass is 10.1. The van der Waals surface area contributed by atoms with Gasteiger partial charge in [0.25, 0.3) is 5.91 Å². The molecule has 1 N–H and O–H groups in total. The summed E-state index contributed by atoms with van der Waals surface area (Å²) in [5, 5.41) is 10.9. The second kappa shape index (κ2) is 5.71. The lowest BCUT2D eigenvalue weighted by molar-refractivity contribution is 0.0762. The summed E-state index contributed by atoms with van der Waals surface area (Å²) in [6, 6.07) is 15.0. The highest BCUT2D eigenvalue weighted by Crippen LogP contribution is 2.31. The molecule has 1 aliphatic heterocycles. The molecule has 24 heavy (non-hydrogen) atoms. The number of hydrogen-bond donors (Lipinski definition) is 1. The van der Waals surface area contributed by atoms with Gasteiger partial charge in [0.05, 0.1) is 0 Å². The highest BCUT2D eigenvalue weighted by Gasteiger charge is 2.23. The van der Waals surface area contributed by atoms with Crippen LogP contribution in [0.3, 0.4) is 0 Å². The molecule has 122 valence electrons. The topological polar surface area (TPSA) is 45.5 Å². The normalized spacial score (nSPS) is 14.5. The minimum absolute atomic E-state index is 0.0931. The van der Waals surface area contributed by atoms with Crippen molar-refractivity contribution in [3.8, 4) is 5.75 Å². The molecule has 0 fully saturated rings. The van der Waals surface area contributed by atoms with Crippen LogP contribution in [0, 0.1) is 0 Å². The first kappa shape index (κ1) is 14.8. The van der Waals surface area contributed by atoms with Gasteiger partial charge in [0, 0.05) is 48.7 Å². The lowest BCUT2D eigenvalue weighted by Gasteiger charge is -2.20. The Kier molecular flexibility index (Phi) is 3.53. The molecule has 0 atom stereocenters. The van der Waals surface area contributed by atoms with E-state index < -0.39 is 0 Å². The maximum absolute atomic E-state index is 12.7. The number of fused-ring (bicyclic) bond motifs is 3. The summed E-state index contributed by atoms with van der Waals surface area (Å²) in [4.78, 5) is 14.6. The number of carbonyl (C=O) groups is 1.